The number of nitrogens with one attached hydrogen (secondary N) is 1. The Balaban J connectivity index is 2.77. The molecule has 0 unspecified atom stereocenters. The van der Waals surface area contributed by atoms with Gasteiger partial charge in [0.1, 0.15) is 5.82 Å². The van der Waals surface area contributed by atoms with Crippen LogP contribution in [0, 0.1) is 3.57 Å². The van der Waals surface area contributed by atoms with E-state index in [0.29, 0.717) is 21.4 Å². The fourth-order valence-electron chi connectivity index (χ4n) is 1.93. The third-order valence-corrected chi connectivity index (χ3v) is 4.64. The van der Waals surface area contributed by atoms with Gasteiger partial charge in [0.05, 0.1) is 24.9 Å². The monoisotopic (exact) mass is 435 g/mol. The van der Waals surface area contributed by atoms with Crippen LogP contribution in [0.4, 0.5) is 5.82 Å². The molecule has 112 valence electrons. The van der Waals surface area contributed by atoms with Gasteiger partial charge >= 0.3 is 0 Å². The SMILES string of the molecule is CNc1nc(-c2c(Cl)cccc2Cl)nc(C(C)(C)C)c1I. The first-order valence-corrected chi connectivity index (χ1v) is 8.29. The predicted molar refractivity (Wildman–Crippen MR) is 98.5 cm³/mol. The molecule has 0 amide bonds. The van der Waals surface area contributed by atoms with Gasteiger partial charge < -0.3 is 5.32 Å². The highest BCUT2D eigenvalue weighted by Gasteiger charge is 2.24. The van der Waals surface area contributed by atoms with Gasteiger partial charge in [-0.25, -0.2) is 9.97 Å². The normalized spacial score (nSPS) is 11.6. The second-order valence-corrected chi connectivity index (χ2v) is 7.55. The summed E-state index contributed by atoms with van der Waals surface area (Å²) in [5, 5.41) is 4.21. The van der Waals surface area contributed by atoms with E-state index in [2.05, 4.69) is 53.7 Å². The lowest BCUT2D eigenvalue weighted by molar-refractivity contribution is 0.564. The van der Waals surface area contributed by atoms with Gasteiger partial charge in [-0.05, 0) is 34.7 Å². The molecular formula is C15H16Cl2IN3. The van der Waals surface area contributed by atoms with Gasteiger partial charge in [-0.15, -0.1) is 0 Å². The van der Waals surface area contributed by atoms with Crippen LogP contribution in [0.1, 0.15) is 26.5 Å². The highest BCUT2D eigenvalue weighted by molar-refractivity contribution is 14.1. The summed E-state index contributed by atoms with van der Waals surface area (Å²) in [5.74, 6) is 1.32. The lowest BCUT2D eigenvalue weighted by Gasteiger charge is -2.22. The van der Waals surface area contributed by atoms with Crippen LogP contribution in [0.2, 0.25) is 10.0 Å². The van der Waals surface area contributed by atoms with E-state index in [9.17, 15) is 0 Å². The van der Waals surface area contributed by atoms with E-state index in [4.69, 9.17) is 28.2 Å². The highest BCUT2D eigenvalue weighted by atomic mass is 127. The summed E-state index contributed by atoms with van der Waals surface area (Å²) >= 11 is 14.8. The van der Waals surface area contributed by atoms with E-state index in [1.54, 1.807) is 12.1 Å². The molecule has 0 atom stereocenters. The number of anilines is 1. The van der Waals surface area contributed by atoms with Gasteiger partial charge in [0.2, 0.25) is 0 Å². The first-order chi connectivity index (χ1) is 9.75. The van der Waals surface area contributed by atoms with E-state index in [-0.39, 0.29) is 5.41 Å². The van der Waals surface area contributed by atoms with E-state index in [0.717, 1.165) is 15.1 Å². The molecule has 0 bridgehead atoms. The number of aromatic nitrogens is 2. The van der Waals surface area contributed by atoms with Gasteiger partial charge in [-0.3, -0.25) is 0 Å². The average Bonchev–Trinajstić information content (AvgIpc) is 2.38. The number of nitrogens with zero attached hydrogens (tertiary/aromatic N) is 2. The van der Waals surface area contributed by atoms with Gasteiger partial charge in [-0.1, -0.05) is 50.0 Å². The molecule has 0 aliphatic carbocycles. The molecule has 1 aromatic heterocycles. The minimum absolute atomic E-state index is 0.104. The molecule has 1 heterocycles. The first-order valence-electron chi connectivity index (χ1n) is 6.46. The van der Waals surface area contributed by atoms with Gasteiger partial charge in [0.15, 0.2) is 5.82 Å². The maximum atomic E-state index is 6.28. The zero-order valence-corrected chi connectivity index (χ0v) is 15.9. The van der Waals surface area contributed by atoms with Crippen molar-refractivity contribution < 1.29 is 0 Å². The topological polar surface area (TPSA) is 37.8 Å². The minimum atomic E-state index is -0.104. The highest BCUT2D eigenvalue weighted by Crippen LogP contribution is 2.36. The summed E-state index contributed by atoms with van der Waals surface area (Å²) < 4.78 is 1.01. The summed E-state index contributed by atoms with van der Waals surface area (Å²) in [6.07, 6.45) is 0. The van der Waals surface area contributed by atoms with Gasteiger partial charge in [0, 0.05) is 12.5 Å². The Morgan fingerprint density at radius 1 is 1.10 bits per heavy atom. The molecule has 0 saturated carbocycles. The zero-order chi connectivity index (χ0) is 15.8. The third kappa shape index (κ3) is 3.43. The molecule has 2 aromatic rings. The summed E-state index contributed by atoms with van der Waals surface area (Å²) in [7, 11) is 1.84. The number of benzene rings is 1. The Morgan fingerprint density at radius 2 is 1.67 bits per heavy atom. The second-order valence-electron chi connectivity index (χ2n) is 5.66. The van der Waals surface area contributed by atoms with Crippen LogP contribution in [0.15, 0.2) is 18.2 Å². The molecule has 6 heteroatoms. The third-order valence-electron chi connectivity index (χ3n) is 2.98. The van der Waals surface area contributed by atoms with Crippen LogP contribution in [0.5, 0.6) is 0 Å². The lowest BCUT2D eigenvalue weighted by Crippen LogP contribution is -2.18. The van der Waals surface area contributed by atoms with Crippen molar-refractivity contribution in [3.8, 4) is 11.4 Å². The van der Waals surface area contributed by atoms with Crippen molar-refractivity contribution in [1.29, 1.82) is 0 Å². The van der Waals surface area contributed by atoms with Crippen molar-refractivity contribution in [3.05, 3.63) is 37.5 Å². The summed E-state index contributed by atoms with van der Waals surface area (Å²) in [5.41, 5.74) is 1.53. The molecule has 21 heavy (non-hydrogen) atoms. The lowest BCUT2D eigenvalue weighted by atomic mass is 9.91. The maximum Gasteiger partial charge on any atom is 0.164 e. The second kappa shape index (κ2) is 6.26. The van der Waals surface area contributed by atoms with Gasteiger partial charge in [-0.2, -0.15) is 0 Å². The van der Waals surface area contributed by atoms with E-state index >= 15 is 0 Å². The molecule has 3 nitrogen and oxygen atoms in total. The average molecular weight is 436 g/mol. The predicted octanol–water partition coefficient (Wildman–Crippen LogP) is 5.39. The van der Waals surface area contributed by atoms with Crippen LogP contribution < -0.4 is 5.32 Å². The molecule has 0 radical (unpaired) electrons. The van der Waals surface area contributed by atoms with Crippen molar-refractivity contribution in [1.82, 2.24) is 9.97 Å². The summed E-state index contributed by atoms with van der Waals surface area (Å²) in [6.45, 7) is 6.36. The van der Waals surface area contributed by atoms with Crippen LogP contribution in [-0.2, 0) is 5.41 Å². The van der Waals surface area contributed by atoms with Crippen molar-refractivity contribution in [2.24, 2.45) is 0 Å². The molecule has 0 aliphatic heterocycles. The number of halogens is 3. The van der Waals surface area contributed by atoms with Crippen molar-refractivity contribution in [2.45, 2.75) is 26.2 Å². The molecule has 2 rings (SSSR count). The number of rotatable bonds is 2. The Labute approximate surface area is 148 Å². The van der Waals surface area contributed by atoms with Gasteiger partial charge in [0.25, 0.3) is 0 Å². The molecule has 0 spiro atoms. The maximum absolute atomic E-state index is 6.28. The number of hydrogen-bond donors (Lipinski definition) is 1. The van der Waals surface area contributed by atoms with E-state index < -0.39 is 0 Å². The smallest absolute Gasteiger partial charge is 0.164 e. The fourth-order valence-corrected chi connectivity index (χ4v) is 3.82. The van der Waals surface area contributed by atoms with Crippen LogP contribution in [0.25, 0.3) is 11.4 Å². The minimum Gasteiger partial charge on any atom is -0.372 e. The largest absolute Gasteiger partial charge is 0.372 e. The zero-order valence-electron chi connectivity index (χ0n) is 12.3. The molecule has 0 aliphatic rings. The van der Waals surface area contributed by atoms with Crippen LogP contribution >= 0.6 is 45.8 Å². The Bertz CT molecular complexity index is 661. The summed E-state index contributed by atoms with van der Waals surface area (Å²) in [6, 6.07) is 5.39. The van der Waals surface area contributed by atoms with Crippen molar-refractivity contribution in [2.75, 3.05) is 12.4 Å². The summed E-state index contributed by atoms with van der Waals surface area (Å²) in [4.78, 5) is 9.27. The standard InChI is InChI=1S/C15H16Cl2IN3/c1-15(2,3)12-11(18)14(19-4)21-13(20-12)10-8(16)6-5-7-9(10)17/h5-7H,1-4H3,(H,19,20,21). The fraction of sp³-hybridized carbons (Fsp3) is 0.333. The Kier molecular flexibility index (Phi) is 5.00. The Morgan fingerprint density at radius 3 is 2.14 bits per heavy atom. The molecule has 1 N–H and O–H groups in total. The first kappa shape index (κ1) is 16.8. The van der Waals surface area contributed by atoms with Crippen molar-refractivity contribution >= 4 is 51.6 Å². The van der Waals surface area contributed by atoms with E-state index in [1.807, 2.05) is 13.1 Å². The van der Waals surface area contributed by atoms with E-state index in [1.165, 1.54) is 0 Å². The molecular weight excluding hydrogens is 420 g/mol. The molecule has 0 fully saturated rings. The molecule has 1 aromatic carbocycles. The Hall–Kier alpha value is -0.590. The van der Waals surface area contributed by atoms with Crippen molar-refractivity contribution in [3.63, 3.8) is 0 Å². The van der Waals surface area contributed by atoms with Crippen LogP contribution in [-0.4, -0.2) is 17.0 Å². The quantitative estimate of drug-likeness (QED) is 0.642. The number of hydrogen-bond acceptors (Lipinski definition) is 3. The van der Waals surface area contributed by atoms with Crippen LogP contribution in [0.3, 0.4) is 0 Å². The molecule has 0 saturated heterocycles.